The smallest absolute Gasteiger partial charge is 0.267 e. The fourth-order valence-corrected chi connectivity index (χ4v) is 4.38. The minimum atomic E-state index is -0.552. The first kappa shape index (κ1) is 22.8. The van der Waals surface area contributed by atoms with Crippen molar-refractivity contribution in [2.75, 3.05) is 44.3 Å². The number of nitrogens with zero attached hydrogens (tertiary/aromatic N) is 5. The lowest BCUT2D eigenvalue weighted by Gasteiger charge is -2.35. The normalized spacial score (nSPS) is 14.1. The lowest BCUT2D eigenvalue weighted by Crippen LogP contribution is -2.49. The number of hydrogen-bond donors (Lipinski definition) is 1. The van der Waals surface area contributed by atoms with Crippen LogP contribution in [0, 0.1) is 0 Å². The first-order valence-electron chi connectivity index (χ1n) is 11.8. The summed E-state index contributed by atoms with van der Waals surface area (Å²) in [7, 11) is 0. The molecule has 1 aliphatic heterocycles. The molecule has 4 aromatic rings. The van der Waals surface area contributed by atoms with Gasteiger partial charge in [-0.3, -0.25) is 9.59 Å². The van der Waals surface area contributed by atoms with Crippen molar-refractivity contribution >= 4 is 39.6 Å². The monoisotopic (exact) mass is 472 g/mol. The van der Waals surface area contributed by atoms with Crippen LogP contribution < -0.4 is 10.6 Å². The summed E-state index contributed by atoms with van der Waals surface area (Å²) in [5.74, 6) is 0.508. The van der Waals surface area contributed by atoms with Gasteiger partial charge in [0.25, 0.3) is 5.91 Å². The van der Waals surface area contributed by atoms with E-state index in [1.165, 1.54) is 0 Å². The van der Waals surface area contributed by atoms with Crippen LogP contribution in [0.3, 0.4) is 0 Å². The maximum Gasteiger partial charge on any atom is 0.267 e. The molecule has 3 aromatic heterocycles. The number of fused-ring (bicyclic) bond motifs is 2. The van der Waals surface area contributed by atoms with Gasteiger partial charge in [-0.1, -0.05) is 18.2 Å². The zero-order valence-corrected chi connectivity index (χ0v) is 19.5. The second-order valence-corrected chi connectivity index (χ2v) is 8.58. The van der Waals surface area contributed by atoms with Crippen molar-refractivity contribution in [2.45, 2.75) is 13.0 Å². The highest BCUT2D eigenvalue weighted by Crippen LogP contribution is 2.19. The van der Waals surface area contributed by atoms with E-state index in [1.807, 2.05) is 52.1 Å². The van der Waals surface area contributed by atoms with Gasteiger partial charge in [-0.05, 0) is 36.4 Å². The van der Waals surface area contributed by atoms with Crippen LogP contribution in [0.1, 0.15) is 16.9 Å². The number of amides is 2. The van der Waals surface area contributed by atoms with Gasteiger partial charge < -0.3 is 24.8 Å². The van der Waals surface area contributed by atoms with E-state index < -0.39 is 5.91 Å². The Morgan fingerprint density at radius 2 is 1.69 bits per heavy atom. The Labute approximate surface area is 203 Å². The maximum absolute atomic E-state index is 12.6. The predicted octanol–water partition coefficient (Wildman–Crippen LogP) is 2.44. The molecule has 0 atom stereocenters. The highest BCUT2D eigenvalue weighted by atomic mass is 16.5. The molecule has 9 heteroatoms. The van der Waals surface area contributed by atoms with E-state index in [0.717, 1.165) is 35.2 Å². The number of benzene rings is 1. The lowest BCUT2D eigenvalue weighted by molar-refractivity contribution is -0.132. The van der Waals surface area contributed by atoms with E-state index in [1.54, 1.807) is 6.07 Å². The van der Waals surface area contributed by atoms with Gasteiger partial charge in [-0.15, -0.1) is 0 Å². The standard InChI is InChI=1S/C26H28N6O3/c27-25(34)22-7-5-20-9-11-32(26(20)29-22)16-18-35-17-10-24(33)31-14-12-30(13-15-31)23-8-6-19-3-1-2-4-21(19)28-23/h1-9,11H,10,12-18H2,(H2,27,34). The fourth-order valence-electron chi connectivity index (χ4n) is 4.38. The Morgan fingerprint density at radius 1 is 0.886 bits per heavy atom. The molecule has 4 heterocycles. The van der Waals surface area contributed by atoms with Gasteiger partial charge in [0.15, 0.2) is 0 Å². The molecule has 1 saturated heterocycles. The van der Waals surface area contributed by atoms with Gasteiger partial charge in [0.05, 0.1) is 25.2 Å². The number of ether oxygens (including phenoxy) is 1. The zero-order chi connectivity index (χ0) is 24.2. The van der Waals surface area contributed by atoms with E-state index >= 15 is 0 Å². The van der Waals surface area contributed by atoms with E-state index in [-0.39, 0.29) is 11.6 Å². The number of carbonyl (C=O) groups is 2. The van der Waals surface area contributed by atoms with Crippen molar-refractivity contribution < 1.29 is 14.3 Å². The van der Waals surface area contributed by atoms with Crippen LogP contribution in [0.25, 0.3) is 21.9 Å². The summed E-state index contributed by atoms with van der Waals surface area (Å²) in [5, 5.41) is 2.06. The summed E-state index contributed by atoms with van der Waals surface area (Å²) >= 11 is 0. The molecule has 0 aliphatic carbocycles. The minimum absolute atomic E-state index is 0.107. The van der Waals surface area contributed by atoms with Gasteiger partial charge in [-0.2, -0.15) is 0 Å². The molecule has 0 spiro atoms. The first-order valence-corrected chi connectivity index (χ1v) is 11.8. The first-order chi connectivity index (χ1) is 17.1. The number of carbonyl (C=O) groups excluding carboxylic acids is 2. The number of pyridine rings is 2. The fraction of sp³-hybridized carbons (Fsp3) is 0.308. The molecule has 1 fully saturated rings. The largest absolute Gasteiger partial charge is 0.379 e. The third-order valence-electron chi connectivity index (χ3n) is 6.34. The Bertz CT molecular complexity index is 1360. The van der Waals surface area contributed by atoms with Crippen LogP contribution in [0.15, 0.2) is 60.8 Å². The molecule has 35 heavy (non-hydrogen) atoms. The summed E-state index contributed by atoms with van der Waals surface area (Å²) in [6.07, 6.45) is 2.26. The molecule has 1 aliphatic rings. The van der Waals surface area contributed by atoms with Crippen molar-refractivity contribution in [2.24, 2.45) is 5.73 Å². The van der Waals surface area contributed by atoms with Gasteiger partial charge in [-0.25, -0.2) is 9.97 Å². The van der Waals surface area contributed by atoms with Crippen LogP contribution in [0.5, 0.6) is 0 Å². The Balaban J connectivity index is 1.06. The Kier molecular flexibility index (Phi) is 6.58. The lowest BCUT2D eigenvalue weighted by atomic mass is 10.2. The number of nitrogens with two attached hydrogens (primary N) is 1. The van der Waals surface area contributed by atoms with E-state index in [0.29, 0.717) is 44.9 Å². The number of aromatic nitrogens is 3. The second-order valence-electron chi connectivity index (χ2n) is 8.58. The van der Waals surface area contributed by atoms with Crippen LogP contribution in [0.2, 0.25) is 0 Å². The van der Waals surface area contributed by atoms with Gasteiger partial charge >= 0.3 is 0 Å². The van der Waals surface area contributed by atoms with Crippen LogP contribution in [-0.4, -0.2) is 70.6 Å². The number of hydrogen-bond acceptors (Lipinski definition) is 6. The average Bonchev–Trinajstić information content (AvgIpc) is 3.30. The molecule has 5 rings (SSSR count). The number of anilines is 1. The van der Waals surface area contributed by atoms with E-state index in [9.17, 15) is 9.59 Å². The quantitative estimate of drug-likeness (QED) is 0.395. The summed E-state index contributed by atoms with van der Waals surface area (Å²) in [5.41, 5.74) is 7.25. The van der Waals surface area contributed by atoms with Crippen molar-refractivity contribution in [1.29, 1.82) is 0 Å². The highest BCUT2D eigenvalue weighted by Gasteiger charge is 2.21. The molecule has 0 radical (unpaired) electrons. The van der Waals surface area contributed by atoms with E-state index in [2.05, 4.69) is 22.0 Å². The van der Waals surface area contributed by atoms with Gasteiger partial charge in [0, 0.05) is 49.7 Å². The maximum atomic E-state index is 12.6. The van der Waals surface area contributed by atoms with E-state index in [4.69, 9.17) is 15.5 Å². The predicted molar refractivity (Wildman–Crippen MR) is 134 cm³/mol. The summed E-state index contributed by atoms with van der Waals surface area (Å²) in [4.78, 5) is 37.3. The summed E-state index contributed by atoms with van der Waals surface area (Å²) in [6, 6.07) is 17.6. The molecule has 0 unspecified atom stereocenters. The molecule has 2 amide bonds. The third kappa shape index (κ3) is 5.09. The van der Waals surface area contributed by atoms with Gasteiger partial charge in [0.2, 0.25) is 5.91 Å². The van der Waals surface area contributed by atoms with Crippen molar-refractivity contribution in [3.8, 4) is 0 Å². The number of primary amides is 1. The minimum Gasteiger partial charge on any atom is -0.379 e. The Morgan fingerprint density at radius 3 is 2.51 bits per heavy atom. The molecule has 0 bridgehead atoms. The number of piperazine rings is 1. The average molecular weight is 473 g/mol. The van der Waals surface area contributed by atoms with Crippen molar-refractivity contribution in [3.05, 3.63) is 66.5 Å². The third-order valence-corrected chi connectivity index (χ3v) is 6.34. The topological polar surface area (TPSA) is 107 Å². The van der Waals surface area contributed by atoms with Crippen LogP contribution in [0.4, 0.5) is 5.82 Å². The van der Waals surface area contributed by atoms with Crippen LogP contribution in [-0.2, 0) is 16.1 Å². The molecule has 2 N–H and O–H groups in total. The Hall–Kier alpha value is -3.98. The van der Waals surface area contributed by atoms with Crippen molar-refractivity contribution in [3.63, 3.8) is 0 Å². The molecular formula is C26H28N6O3. The zero-order valence-electron chi connectivity index (χ0n) is 19.5. The van der Waals surface area contributed by atoms with Crippen LogP contribution >= 0.6 is 0 Å². The van der Waals surface area contributed by atoms with Crippen molar-refractivity contribution in [1.82, 2.24) is 19.4 Å². The number of para-hydroxylation sites is 1. The van der Waals surface area contributed by atoms with Gasteiger partial charge in [0.1, 0.15) is 17.2 Å². The molecule has 9 nitrogen and oxygen atoms in total. The molecule has 0 saturated carbocycles. The molecular weight excluding hydrogens is 444 g/mol. The SMILES string of the molecule is NC(=O)c1ccc2ccn(CCOCCC(=O)N3CCN(c4ccc5ccccc5n4)CC3)c2n1. The highest BCUT2D eigenvalue weighted by molar-refractivity contribution is 5.93. The summed E-state index contributed by atoms with van der Waals surface area (Å²) in [6.45, 7) is 4.26. The molecule has 180 valence electrons. The number of rotatable bonds is 8. The summed E-state index contributed by atoms with van der Waals surface area (Å²) < 4.78 is 7.64. The second kappa shape index (κ2) is 10.1. The molecule has 1 aromatic carbocycles.